The van der Waals surface area contributed by atoms with Gasteiger partial charge in [0.25, 0.3) is 0 Å². The van der Waals surface area contributed by atoms with Crippen LogP contribution in [0.1, 0.15) is 11.1 Å². The molecule has 5 nitrogen and oxygen atoms in total. The summed E-state index contributed by atoms with van der Waals surface area (Å²) < 4.78 is 1.73. The van der Waals surface area contributed by atoms with Gasteiger partial charge < -0.3 is 11.1 Å². The number of aromatic nitrogens is 3. The average molecular weight is 253 g/mol. The van der Waals surface area contributed by atoms with Crippen molar-refractivity contribution >= 4 is 17.2 Å². The van der Waals surface area contributed by atoms with E-state index in [4.69, 9.17) is 5.73 Å². The van der Waals surface area contributed by atoms with Crippen LogP contribution in [-0.4, -0.2) is 14.6 Å². The summed E-state index contributed by atoms with van der Waals surface area (Å²) >= 11 is 0. The fraction of sp³-hybridized carbons (Fsp3) is 0.143. The zero-order valence-electron chi connectivity index (χ0n) is 10.7. The van der Waals surface area contributed by atoms with Gasteiger partial charge in [-0.25, -0.2) is 9.50 Å². The maximum Gasteiger partial charge on any atom is 0.157 e. The zero-order chi connectivity index (χ0) is 13.2. The Balaban J connectivity index is 1.80. The van der Waals surface area contributed by atoms with Crippen molar-refractivity contribution in [1.82, 2.24) is 14.6 Å². The van der Waals surface area contributed by atoms with Crippen LogP contribution >= 0.6 is 0 Å². The maximum atomic E-state index is 5.90. The summed E-state index contributed by atoms with van der Waals surface area (Å²) in [5.41, 5.74) is 9.83. The van der Waals surface area contributed by atoms with Gasteiger partial charge in [-0.15, -0.1) is 0 Å². The standard InChI is InChI=1S/C14H15N5/c1-10-11(3-2-4-12(10)15)9-16-13-6-8-19-14(18-13)5-7-17-19/h2-8H,9,15H2,1H3,(H,16,18). The van der Waals surface area contributed by atoms with Crippen molar-refractivity contribution in [2.45, 2.75) is 13.5 Å². The summed E-state index contributed by atoms with van der Waals surface area (Å²) in [7, 11) is 0. The van der Waals surface area contributed by atoms with E-state index in [2.05, 4.69) is 21.5 Å². The molecule has 3 rings (SSSR count). The van der Waals surface area contributed by atoms with Crippen LogP contribution < -0.4 is 11.1 Å². The normalized spacial score (nSPS) is 10.8. The molecule has 0 aliphatic carbocycles. The SMILES string of the molecule is Cc1c(N)cccc1CNc1ccn2nccc2n1. The topological polar surface area (TPSA) is 68.2 Å². The van der Waals surface area contributed by atoms with Crippen molar-refractivity contribution < 1.29 is 0 Å². The van der Waals surface area contributed by atoms with Crippen LogP contribution in [0.2, 0.25) is 0 Å². The highest BCUT2D eigenvalue weighted by atomic mass is 15.2. The highest BCUT2D eigenvalue weighted by Gasteiger charge is 2.02. The molecule has 0 fully saturated rings. The Bertz CT molecular complexity index is 717. The Morgan fingerprint density at radius 3 is 3.05 bits per heavy atom. The third-order valence-electron chi connectivity index (χ3n) is 3.21. The van der Waals surface area contributed by atoms with Crippen molar-refractivity contribution in [2.75, 3.05) is 11.1 Å². The monoisotopic (exact) mass is 253 g/mol. The van der Waals surface area contributed by atoms with Crippen LogP contribution in [0, 0.1) is 6.92 Å². The van der Waals surface area contributed by atoms with E-state index in [9.17, 15) is 0 Å². The summed E-state index contributed by atoms with van der Waals surface area (Å²) in [6.07, 6.45) is 3.62. The minimum absolute atomic E-state index is 0.703. The largest absolute Gasteiger partial charge is 0.399 e. The molecule has 1 aromatic carbocycles. The van der Waals surface area contributed by atoms with E-state index in [0.717, 1.165) is 22.7 Å². The Hall–Kier alpha value is -2.56. The van der Waals surface area contributed by atoms with Gasteiger partial charge in [0.15, 0.2) is 5.65 Å². The van der Waals surface area contributed by atoms with E-state index in [1.54, 1.807) is 10.7 Å². The molecule has 0 aliphatic rings. The van der Waals surface area contributed by atoms with Crippen LogP contribution in [0.4, 0.5) is 11.5 Å². The summed E-state index contributed by atoms with van der Waals surface area (Å²) in [5, 5.41) is 7.42. The number of nitrogens with two attached hydrogens (primary N) is 1. The summed E-state index contributed by atoms with van der Waals surface area (Å²) in [4.78, 5) is 4.46. The number of hydrogen-bond acceptors (Lipinski definition) is 4. The highest BCUT2D eigenvalue weighted by molar-refractivity contribution is 5.51. The summed E-state index contributed by atoms with van der Waals surface area (Å²) in [5.74, 6) is 0.829. The van der Waals surface area contributed by atoms with Gasteiger partial charge in [0.1, 0.15) is 5.82 Å². The molecule has 0 spiro atoms. The number of fused-ring (bicyclic) bond motifs is 1. The van der Waals surface area contributed by atoms with Gasteiger partial charge >= 0.3 is 0 Å². The Morgan fingerprint density at radius 2 is 2.16 bits per heavy atom. The molecule has 0 amide bonds. The first-order chi connectivity index (χ1) is 9.24. The van der Waals surface area contributed by atoms with E-state index in [1.807, 2.05) is 37.4 Å². The van der Waals surface area contributed by atoms with Gasteiger partial charge in [-0.05, 0) is 30.2 Å². The lowest BCUT2D eigenvalue weighted by Crippen LogP contribution is -2.05. The number of hydrogen-bond donors (Lipinski definition) is 2. The van der Waals surface area contributed by atoms with Gasteiger partial charge in [0.05, 0.1) is 6.20 Å². The second kappa shape index (κ2) is 4.61. The first kappa shape index (κ1) is 11.5. The fourth-order valence-corrected chi connectivity index (χ4v) is 1.99. The molecule has 3 N–H and O–H groups in total. The lowest BCUT2D eigenvalue weighted by atomic mass is 10.1. The molecule has 0 radical (unpaired) electrons. The van der Waals surface area contributed by atoms with Crippen LogP contribution in [-0.2, 0) is 6.54 Å². The van der Waals surface area contributed by atoms with E-state index >= 15 is 0 Å². The van der Waals surface area contributed by atoms with Crippen molar-refractivity contribution in [1.29, 1.82) is 0 Å². The van der Waals surface area contributed by atoms with Gasteiger partial charge in [0.2, 0.25) is 0 Å². The van der Waals surface area contributed by atoms with Gasteiger partial charge in [-0.2, -0.15) is 5.10 Å². The average Bonchev–Trinajstić information content (AvgIpc) is 2.88. The zero-order valence-corrected chi connectivity index (χ0v) is 10.7. The summed E-state index contributed by atoms with van der Waals surface area (Å²) in [6.45, 7) is 2.73. The summed E-state index contributed by atoms with van der Waals surface area (Å²) in [6, 6.07) is 9.72. The molecule has 3 aromatic rings. The van der Waals surface area contributed by atoms with Crippen LogP contribution in [0.15, 0.2) is 42.7 Å². The molecule has 5 heteroatoms. The second-order valence-electron chi connectivity index (χ2n) is 4.43. The third-order valence-corrected chi connectivity index (χ3v) is 3.21. The highest BCUT2D eigenvalue weighted by Crippen LogP contribution is 2.16. The Kier molecular flexibility index (Phi) is 2.79. The van der Waals surface area contributed by atoms with Crippen molar-refractivity contribution in [3.05, 3.63) is 53.9 Å². The predicted molar refractivity (Wildman–Crippen MR) is 75.9 cm³/mol. The van der Waals surface area contributed by atoms with Crippen LogP contribution in [0.3, 0.4) is 0 Å². The van der Waals surface area contributed by atoms with Crippen molar-refractivity contribution in [3.63, 3.8) is 0 Å². The maximum absolute atomic E-state index is 5.90. The lowest BCUT2D eigenvalue weighted by Gasteiger charge is -2.10. The minimum Gasteiger partial charge on any atom is -0.399 e. The third kappa shape index (κ3) is 2.22. The second-order valence-corrected chi connectivity index (χ2v) is 4.43. The van der Waals surface area contributed by atoms with Gasteiger partial charge in [0, 0.05) is 24.5 Å². The predicted octanol–water partition coefficient (Wildman–Crippen LogP) is 2.23. The molecule has 0 saturated heterocycles. The van der Waals surface area contributed by atoms with E-state index in [0.29, 0.717) is 6.54 Å². The molecule has 0 atom stereocenters. The molecule has 0 unspecified atom stereocenters. The molecular weight excluding hydrogens is 238 g/mol. The first-order valence-electron chi connectivity index (χ1n) is 6.12. The number of anilines is 2. The quantitative estimate of drug-likeness (QED) is 0.702. The van der Waals surface area contributed by atoms with Crippen molar-refractivity contribution in [3.8, 4) is 0 Å². The molecular formula is C14H15N5. The molecule has 2 heterocycles. The molecule has 0 aliphatic heterocycles. The Labute approximate surface area is 111 Å². The lowest BCUT2D eigenvalue weighted by molar-refractivity contribution is 0.936. The smallest absolute Gasteiger partial charge is 0.157 e. The van der Waals surface area contributed by atoms with E-state index in [-0.39, 0.29) is 0 Å². The number of rotatable bonds is 3. The van der Waals surface area contributed by atoms with Crippen LogP contribution in [0.25, 0.3) is 5.65 Å². The number of nitrogens with zero attached hydrogens (tertiary/aromatic N) is 3. The van der Waals surface area contributed by atoms with E-state index in [1.165, 1.54) is 5.56 Å². The van der Waals surface area contributed by atoms with Crippen LogP contribution in [0.5, 0.6) is 0 Å². The molecule has 2 aromatic heterocycles. The molecule has 0 bridgehead atoms. The minimum atomic E-state index is 0.703. The number of nitrogens with one attached hydrogen (secondary N) is 1. The van der Waals surface area contributed by atoms with Crippen molar-refractivity contribution in [2.24, 2.45) is 0 Å². The number of nitrogen functional groups attached to an aromatic ring is 1. The fourth-order valence-electron chi connectivity index (χ4n) is 1.99. The molecule has 96 valence electrons. The van der Waals surface area contributed by atoms with Gasteiger partial charge in [-0.1, -0.05) is 12.1 Å². The van der Waals surface area contributed by atoms with E-state index < -0.39 is 0 Å². The Morgan fingerprint density at radius 1 is 1.26 bits per heavy atom. The first-order valence-corrected chi connectivity index (χ1v) is 6.12. The number of benzene rings is 1. The molecule has 19 heavy (non-hydrogen) atoms. The van der Waals surface area contributed by atoms with Gasteiger partial charge in [-0.3, -0.25) is 0 Å². The molecule has 0 saturated carbocycles.